The zero-order valence-electron chi connectivity index (χ0n) is 12.0. The second-order valence-electron chi connectivity index (χ2n) is 4.62. The zero-order valence-corrected chi connectivity index (χ0v) is 13.1. The third kappa shape index (κ3) is 4.72. The molecule has 0 atom stereocenters. The minimum atomic E-state index is 0. The molecule has 10 radical (unpaired) electrons. The Bertz CT molecular complexity index is 518. The SMILES string of the molecule is [CH]1[CH][CH][CH][CH]1.[CH]1[CH][CH][C](c2ccn(-c3ccccc3)n2)[CH]1.[Fe+2]. The van der Waals surface area contributed by atoms with Crippen LogP contribution in [0.15, 0.2) is 42.6 Å². The third-order valence-corrected chi connectivity index (χ3v) is 3.12. The van der Waals surface area contributed by atoms with Crippen LogP contribution in [0.1, 0.15) is 5.69 Å². The molecule has 0 spiro atoms. The summed E-state index contributed by atoms with van der Waals surface area (Å²) in [7, 11) is 0. The van der Waals surface area contributed by atoms with Gasteiger partial charge in [-0.15, -0.1) is 0 Å². The summed E-state index contributed by atoms with van der Waals surface area (Å²) >= 11 is 0. The number of hydrogen-bond donors (Lipinski definition) is 0. The van der Waals surface area contributed by atoms with Gasteiger partial charge in [0.05, 0.1) is 11.4 Å². The van der Waals surface area contributed by atoms with Gasteiger partial charge in [-0.05, 0) is 76.0 Å². The fourth-order valence-electron chi connectivity index (χ4n) is 2.07. The van der Waals surface area contributed by atoms with E-state index in [2.05, 4.69) is 17.9 Å². The molecule has 22 heavy (non-hydrogen) atoms. The molecule has 2 nitrogen and oxygen atoms in total. The first-order valence-electron chi connectivity index (χ1n) is 6.93. The standard InChI is InChI=1S/C14H11N2.C5H5.Fe/c1-2-8-13(9-3-1)16-11-10-14(15-16)12-6-4-5-7-12;1-2-4-5-3-1;/h1-11H;1-5H;/q;;+2. The summed E-state index contributed by atoms with van der Waals surface area (Å²) in [6.07, 6.45) is 20.2. The molecule has 0 bridgehead atoms. The molecule has 1 aromatic carbocycles. The van der Waals surface area contributed by atoms with Crippen molar-refractivity contribution in [1.29, 1.82) is 0 Å². The first-order chi connectivity index (χ1) is 10.4. The predicted octanol–water partition coefficient (Wildman–Crippen LogP) is 3.64. The minimum absolute atomic E-state index is 0. The van der Waals surface area contributed by atoms with Crippen LogP contribution in [0.5, 0.6) is 0 Å². The van der Waals surface area contributed by atoms with Gasteiger partial charge in [0.25, 0.3) is 0 Å². The van der Waals surface area contributed by atoms with E-state index in [1.807, 2.05) is 92.2 Å². The number of aromatic nitrogens is 2. The second-order valence-corrected chi connectivity index (χ2v) is 4.62. The molecule has 2 aromatic rings. The molecule has 0 unspecified atom stereocenters. The monoisotopic (exact) mass is 328 g/mol. The first-order valence-corrected chi connectivity index (χ1v) is 6.93. The summed E-state index contributed by atoms with van der Waals surface area (Å²) in [5.74, 6) is 1.16. The van der Waals surface area contributed by atoms with Crippen molar-refractivity contribution in [3.63, 3.8) is 0 Å². The van der Waals surface area contributed by atoms with E-state index in [-0.39, 0.29) is 17.1 Å². The van der Waals surface area contributed by atoms with E-state index in [1.165, 1.54) is 0 Å². The van der Waals surface area contributed by atoms with Crippen LogP contribution in [0.3, 0.4) is 0 Å². The summed E-state index contributed by atoms with van der Waals surface area (Å²) in [6, 6.07) is 12.1. The van der Waals surface area contributed by atoms with Gasteiger partial charge in [-0.1, -0.05) is 18.2 Å². The van der Waals surface area contributed by atoms with Gasteiger partial charge in [0.1, 0.15) is 0 Å². The molecular formula is C19H16FeN2+2. The Morgan fingerprint density at radius 1 is 0.682 bits per heavy atom. The van der Waals surface area contributed by atoms with Crippen LogP contribution in [0, 0.1) is 63.7 Å². The average Bonchev–Trinajstić information content (AvgIpc) is 3.30. The van der Waals surface area contributed by atoms with E-state index in [0.717, 1.165) is 17.3 Å². The van der Waals surface area contributed by atoms with E-state index >= 15 is 0 Å². The van der Waals surface area contributed by atoms with E-state index in [1.54, 1.807) is 0 Å². The van der Waals surface area contributed by atoms with Gasteiger partial charge in [-0.3, -0.25) is 0 Å². The summed E-state index contributed by atoms with van der Waals surface area (Å²) in [4.78, 5) is 0. The summed E-state index contributed by atoms with van der Waals surface area (Å²) < 4.78 is 1.89. The maximum atomic E-state index is 4.54. The molecule has 2 saturated carbocycles. The number of hydrogen-bond acceptors (Lipinski definition) is 1. The van der Waals surface area contributed by atoms with Crippen molar-refractivity contribution >= 4 is 0 Å². The molecule has 2 fully saturated rings. The van der Waals surface area contributed by atoms with Crippen LogP contribution >= 0.6 is 0 Å². The molecule has 1 heterocycles. The van der Waals surface area contributed by atoms with Gasteiger partial charge in [-0.25, -0.2) is 4.68 Å². The molecule has 4 rings (SSSR count). The van der Waals surface area contributed by atoms with Crippen molar-refractivity contribution in [2.75, 3.05) is 0 Å². The minimum Gasteiger partial charge on any atom is -0.241 e. The van der Waals surface area contributed by atoms with Crippen LogP contribution in [0.25, 0.3) is 5.69 Å². The second kappa shape index (κ2) is 9.17. The molecule has 1 aromatic heterocycles. The van der Waals surface area contributed by atoms with E-state index < -0.39 is 0 Å². The van der Waals surface area contributed by atoms with Crippen LogP contribution < -0.4 is 0 Å². The third-order valence-electron chi connectivity index (χ3n) is 3.12. The molecular weight excluding hydrogens is 312 g/mol. The molecule has 2 aliphatic rings. The van der Waals surface area contributed by atoms with Gasteiger partial charge >= 0.3 is 17.1 Å². The van der Waals surface area contributed by atoms with Gasteiger partial charge in [0.15, 0.2) is 0 Å². The fourth-order valence-corrected chi connectivity index (χ4v) is 2.07. The largest absolute Gasteiger partial charge is 2.00 e. The Morgan fingerprint density at radius 2 is 1.27 bits per heavy atom. The van der Waals surface area contributed by atoms with Crippen molar-refractivity contribution in [3.05, 3.63) is 112 Å². The van der Waals surface area contributed by atoms with Crippen molar-refractivity contribution in [2.45, 2.75) is 0 Å². The normalized spacial score (nSPS) is 17.6. The molecule has 0 N–H and O–H groups in total. The van der Waals surface area contributed by atoms with Gasteiger partial charge in [-0.2, -0.15) is 5.10 Å². The van der Waals surface area contributed by atoms with Crippen LogP contribution in [0.4, 0.5) is 0 Å². The van der Waals surface area contributed by atoms with Crippen molar-refractivity contribution in [1.82, 2.24) is 9.78 Å². The van der Waals surface area contributed by atoms with Gasteiger partial charge in [0.2, 0.25) is 0 Å². The Hall–Kier alpha value is -1.05. The first kappa shape index (κ1) is 17.3. The summed E-state index contributed by atoms with van der Waals surface area (Å²) in [5, 5.41) is 4.54. The van der Waals surface area contributed by atoms with Crippen molar-refractivity contribution in [3.8, 4) is 5.69 Å². The van der Waals surface area contributed by atoms with Crippen molar-refractivity contribution in [2.24, 2.45) is 0 Å². The number of benzene rings is 1. The smallest absolute Gasteiger partial charge is 0.241 e. The van der Waals surface area contributed by atoms with E-state index in [4.69, 9.17) is 0 Å². The zero-order chi connectivity index (χ0) is 14.3. The molecule has 0 aliphatic heterocycles. The van der Waals surface area contributed by atoms with Crippen LogP contribution in [-0.2, 0) is 17.1 Å². The molecule has 108 valence electrons. The molecule has 3 heteroatoms. The summed E-state index contributed by atoms with van der Waals surface area (Å²) in [6.45, 7) is 0. The van der Waals surface area contributed by atoms with Gasteiger partial charge in [0, 0.05) is 12.1 Å². The maximum Gasteiger partial charge on any atom is 2.00 e. The molecule has 0 amide bonds. The Labute approximate surface area is 144 Å². The Kier molecular flexibility index (Phi) is 7.21. The average molecular weight is 328 g/mol. The Balaban J connectivity index is 0.000000253. The maximum absolute atomic E-state index is 4.54. The van der Waals surface area contributed by atoms with Gasteiger partial charge < -0.3 is 0 Å². The fraction of sp³-hybridized carbons (Fsp3) is 0. The topological polar surface area (TPSA) is 17.8 Å². The van der Waals surface area contributed by atoms with E-state index in [0.29, 0.717) is 0 Å². The van der Waals surface area contributed by atoms with Crippen molar-refractivity contribution < 1.29 is 17.1 Å². The summed E-state index contributed by atoms with van der Waals surface area (Å²) in [5.41, 5.74) is 2.09. The number of para-hydroxylation sites is 1. The number of rotatable bonds is 2. The Morgan fingerprint density at radius 3 is 1.86 bits per heavy atom. The quantitative estimate of drug-likeness (QED) is 0.770. The van der Waals surface area contributed by atoms with Crippen LogP contribution in [0.2, 0.25) is 0 Å². The van der Waals surface area contributed by atoms with E-state index in [9.17, 15) is 0 Å². The molecule has 2 aliphatic carbocycles. The number of nitrogens with zero attached hydrogens (tertiary/aromatic N) is 2. The molecule has 0 saturated heterocycles. The predicted molar refractivity (Wildman–Crippen MR) is 84.6 cm³/mol. The van der Waals surface area contributed by atoms with Crippen LogP contribution in [-0.4, -0.2) is 9.78 Å².